The molecule has 6 heteroatoms. The third-order valence-electron chi connectivity index (χ3n) is 2.74. The monoisotopic (exact) mass is 277 g/mol. The Bertz CT molecular complexity index is 479. The van der Waals surface area contributed by atoms with E-state index < -0.39 is 11.8 Å². The number of hydrogen-bond acceptors (Lipinski definition) is 4. The number of nitrogens with zero attached hydrogens (tertiary/aromatic N) is 2. The molecule has 1 rings (SSSR count). The van der Waals surface area contributed by atoms with Gasteiger partial charge in [0.05, 0.1) is 13.3 Å². The number of carbonyl (C=O) groups excluding carboxylic acids is 2. The van der Waals surface area contributed by atoms with Crippen molar-refractivity contribution in [1.29, 1.82) is 0 Å². The van der Waals surface area contributed by atoms with Crippen molar-refractivity contribution < 1.29 is 14.3 Å². The number of methoxy groups -OCH3 is 1. The van der Waals surface area contributed by atoms with Gasteiger partial charge in [-0.25, -0.2) is 5.43 Å². The number of hydrazone groups is 1. The zero-order valence-corrected chi connectivity index (χ0v) is 11.9. The number of nitrogens with one attached hydrogen (secondary N) is 1. The van der Waals surface area contributed by atoms with E-state index in [1.54, 1.807) is 31.4 Å². The van der Waals surface area contributed by atoms with Gasteiger partial charge in [0.25, 0.3) is 0 Å². The lowest BCUT2D eigenvalue weighted by molar-refractivity contribution is -0.145. The Morgan fingerprint density at radius 3 is 2.35 bits per heavy atom. The first-order valence-corrected chi connectivity index (χ1v) is 6.38. The topological polar surface area (TPSA) is 71.0 Å². The molecule has 0 aliphatic rings. The fourth-order valence-corrected chi connectivity index (χ4v) is 1.56. The van der Waals surface area contributed by atoms with Crippen molar-refractivity contribution >= 4 is 18.0 Å². The highest BCUT2D eigenvalue weighted by atomic mass is 16.5. The van der Waals surface area contributed by atoms with Gasteiger partial charge in [-0.05, 0) is 43.7 Å². The molecule has 0 aliphatic carbocycles. The highest BCUT2D eigenvalue weighted by molar-refractivity contribution is 6.34. The maximum atomic E-state index is 11.7. The zero-order chi connectivity index (χ0) is 15.0. The van der Waals surface area contributed by atoms with Crippen LogP contribution in [0.4, 0.5) is 0 Å². The normalized spacial score (nSPS) is 10.3. The highest BCUT2D eigenvalue weighted by Crippen LogP contribution is 2.09. The molecule has 0 spiro atoms. The molecule has 0 radical (unpaired) electrons. The van der Waals surface area contributed by atoms with Crippen molar-refractivity contribution in [3.8, 4) is 5.75 Å². The molecule has 0 unspecified atom stereocenters. The van der Waals surface area contributed by atoms with Gasteiger partial charge in [0.1, 0.15) is 5.75 Å². The quantitative estimate of drug-likeness (QED) is 0.496. The lowest BCUT2D eigenvalue weighted by atomic mass is 10.2. The molecule has 0 saturated carbocycles. The number of hydrogen-bond donors (Lipinski definition) is 1. The predicted octanol–water partition coefficient (Wildman–Crippen LogP) is 1.01. The minimum atomic E-state index is -0.738. The SMILES string of the molecule is CCN(CC)C(=O)C(=O)NN=Cc1ccc(OC)cc1. The Balaban J connectivity index is 2.55. The van der Waals surface area contributed by atoms with Gasteiger partial charge < -0.3 is 9.64 Å². The second-order valence-electron chi connectivity index (χ2n) is 3.95. The number of benzene rings is 1. The summed E-state index contributed by atoms with van der Waals surface area (Å²) in [6, 6.07) is 7.15. The van der Waals surface area contributed by atoms with Gasteiger partial charge in [-0.3, -0.25) is 9.59 Å². The van der Waals surface area contributed by atoms with Crippen LogP contribution in [0.3, 0.4) is 0 Å². The summed E-state index contributed by atoms with van der Waals surface area (Å²) in [5.74, 6) is -0.580. The Morgan fingerprint density at radius 2 is 1.85 bits per heavy atom. The van der Waals surface area contributed by atoms with Crippen molar-refractivity contribution in [2.24, 2.45) is 5.10 Å². The van der Waals surface area contributed by atoms with Crippen LogP contribution < -0.4 is 10.2 Å². The molecule has 0 bridgehead atoms. The van der Waals surface area contributed by atoms with Crippen LogP contribution in [0.5, 0.6) is 5.75 Å². The Kier molecular flexibility index (Phi) is 6.22. The Hall–Kier alpha value is -2.37. The van der Waals surface area contributed by atoms with E-state index in [-0.39, 0.29) is 0 Å². The number of ether oxygens (including phenoxy) is 1. The van der Waals surface area contributed by atoms with Crippen molar-refractivity contribution in [1.82, 2.24) is 10.3 Å². The van der Waals surface area contributed by atoms with Gasteiger partial charge in [-0.15, -0.1) is 0 Å². The van der Waals surface area contributed by atoms with Gasteiger partial charge >= 0.3 is 11.8 Å². The summed E-state index contributed by atoms with van der Waals surface area (Å²) in [6.07, 6.45) is 1.47. The molecular formula is C14H19N3O3. The van der Waals surface area contributed by atoms with E-state index in [9.17, 15) is 9.59 Å². The van der Waals surface area contributed by atoms with Crippen molar-refractivity contribution in [3.05, 3.63) is 29.8 Å². The first-order chi connectivity index (χ1) is 9.62. The van der Waals surface area contributed by atoms with Crippen LogP contribution in [0, 0.1) is 0 Å². The van der Waals surface area contributed by atoms with Crippen LogP contribution >= 0.6 is 0 Å². The van der Waals surface area contributed by atoms with Crippen LogP contribution in [0.25, 0.3) is 0 Å². The van der Waals surface area contributed by atoms with E-state index in [0.29, 0.717) is 13.1 Å². The summed E-state index contributed by atoms with van der Waals surface area (Å²) < 4.78 is 5.03. The third kappa shape index (κ3) is 4.38. The van der Waals surface area contributed by atoms with Crippen LogP contribution in [0.2, 0.25) is 0 Å². The fourth-order valence-electron chi connectivity index (χ4n) is 1.56. The molecule has 0 heterocycles. The smallest absolute Gasteiger partial charge is 0.329 e. The van der Waals surface area contributed by atoms with Crippen LogP contribution in [0.15, 0.2) is 29.4 Å². The molecule has 6 nitrogen and oxygen atoms in total. The molecule has 1 aromatic carbocycles. The highest BCUT2D eigenvalue weighted by Gasteiger charge is 2.18. The summed E-state index contributed by atoms with van der Waals surface area (Å²) in [7, 11) is 1.59. The first-order valence-electron chi connectivity index (χ1n) is 6.38. The Morgan fingerprint density at radius 1 is 1.25 bits per heavy atom. The third-order valence-corrected chi connectivity index (χ3v) is 2.74. The maximum Gasteiger partial charge on any atom is 0.329 e. The van der Waals surface area contributed by atoms with E-state index in [1.807, 2.05) is 13.8 Å². The van der Waals surface area contributed by atoms with Gasteiger partial charge in [0, 0.05) is 13.1 Å². The summed E-state index contributed by atoms with van der Waals surface area (Å²) in [6.45, 7) is 4.61. The second kappa shape index (κ2) is 7.93. The molecule has 1 N–H and O–H groups in total. The molecule has 0 saturated heterocycles. The van der Waals surface area contributed by atoms with E-state index in [4.69, 9.17) is 4.74 Å². The van der Waals surface area contributed by atoms with E-state index in [1.165, 1.54) is 11.1 Å². The number of likely N-dealkylation sites (N-methyl/N-ethyl adjacent to an activating group) is 1. The van der Waals surface area contributed by atoms with Gasteiger partial charge in [0.2, 0.25) is 0 Å². The number of carbonyl (C=O) groups is 2. The Labute approximate surface area is 118 Å². The van der Waals surface area contributed by atoms with Gasteiger partial charge in [-0.1, -0.05) is 0 Å². The number of amides is 2. The summed E-state index contributed by atoms with van der Waals surface area (Å²) in [5, 5.41) is 3.76. The fraction of sp³-hybridized carbons (Fsp3) is 0.357. The molecule has 2 amide bonds. The number of rotatable bonds is 5. The van der Waals surface area contributed by atoms with Crippen LogP contribution in [-0.4, -0.2) is 43.1 Å². The maximum absolute atomic E-state index is 11.7. The van der Waals surface area contributed by atoms with Crippen molar-refractivity contribution in [3.63, 3.8) is 0 Å². The van der Waals surface area contributed by atoms with E-state index in [0.717, 1.165) is 11.3 Å². The van der Waals surface area contributed by atoms with Gasteiger partial charge in [0.15, 0.2) is 0 Å². The minimum absolute atomic E-state index is 0.491. The lowest BCUT2D eigenvalue weighted by Gasteiger charge is -2.16. The summed E-state index contributed by atoms with van der Waals surface area (Å²) >= 11 is 0. The standard InChI is InChI=1S/C14H19N3O3/c1-4-17(5-2)14(19)13(18)16-15-10-11-6-8-12(20-3)9-7-11/h6-10H,4-5H2,1-3H3,(H,16,18). The molecule has 108 valence electrons. The molecule has 0 fully saturated rings. The van der Waals surface area contributed by atoms with Crippen molar-refractivity contribution in [2.75, 3.05) is 20.2 Å². The molecule has 1 aromatic rings. The molecule has 0 aliphatic heterocycles. The summed E-state index contributed by atoms with van der Waals surface area (Å²) in [5.41, 5.74) is 3.01. The average Bonchev–Trinajstić information content (AvgIpc) is 2.49. The minimum Gasteiger partial charge on any atom is -0.497 e. The van der Waals surface area contributed by atoms with E-state index >= 15 is 0 Å². The molecule has 0 atom stereocenters. The lowest BCUT2D eigenvalue weighted by Crippen LogP contribution is -2.41. The first kappa shape index (κ1) is 15.7. The van der Waals surface area contributed by atoms with Crippen molar-refractivity contribution in [2.45, 2.75) is 13.8 Å². The zero-order valence-electron chi connectivity index (χ0n) is 11.9. The largest absolute Gasteiger partial charge is 0.497 e. The predicted molar refractivity (Wildman–Crippen MR) is 76.7 cm³/mol. The summed E-state index contributed by atoms with van der Waals surface area (Å²) in [4.78, 5) is 24.6. The molecule has 0 aromatic heterocycles. The second-order valence-corrected chi connectivity index (χ2v) is 3.95. The molecular weight excluding hydrogens is 258 g/mol. The average molecular weight is 277 g/mol. The van der Waals surface area contributed by atoms with E-state index in [2.05, 4.69) is 10.5 Å². The van der Waals surface area contributed by atoms with Crippen LogP contribution in [-0.2, 0) is 9.59 Å². The van der Waals surface area contributed by atoms with Gasteiger partial charge in [-0.2, -0.15) is 5.10 Å². The van der Waals surface area contributed by atoms with Crippen LogP contribution in [0.1, 0.15) is 19.4 Å². The molecule has 20 heavy (non-hydrogen) atoms.